The molecule has 1 unspecified atom stereocenters. The number of likely N-dealkylation sites (tertiary alicyclic amines) is 1. The number of aliphatic hydroxyl groups excluding tert-OH is 1. The third-order valence-electron chi connectivity index (χ3n) is 6.08. The molecule has 0 amide bonds. The Bertz CT molecular complexity index is 656. The first-order valence-corrected chi connectivity index (χ1v) is 8.03. The number of rotatable bonds is 0. The number of hydrogen-bond acceptors (Lipinski definition) is 4. The molecule has 1 saturated heterocycles. The Morgan fingerprint density at radius 3 is 2.86 bits per heavy atom. The van der Waals surface area contributed by atoms with Crippen LogP contribution in [-0.2, 0) is 5.41 Å². The molecule has 0 bridgehead atoms. The SMILES string of the molecule is Cc1ccc(O)c2c1[C@]13CCN(C)[C@H](C)C1C=C[C@H](O)[C@@H]3O2. The van der Waals surface area contributed by atoms with Gasteiger partial charge >= 0.3 is 0 Å². The Morgan fingerprint density at radius 2 is 2.09 bits per heavy atom. The molecule has 2 aliphatic heterocycles. The third kappa shape index (κ3) is 1.54. The topological polar surface area (TPSA) is 52.9 Å². The summed E-state index contributed by atoms with van der Waals surface area (Å²) in [6.07, 6.45) is 4.02. The smallest absolute Gasteiger partial charge is 0.165 e. The number of nitrogens with zero attached hydrogens (tertiary/aromatic N) is 1. The van der Waals surface area contributed by atoms with Crippen molar-refractivity contribution in [2.24, 2.45) is 5.92 Å². The zero-order valence-electron chi connectivity index (χ0n) is 13.3. The fourth-order valence-electron chi connectivity index (χ4n) is 4.84. The predicted octanol–water partition coefficient (Wildman–Crippen LogP) is 1.97. The maximum Gasteiger partial charge on any atom is 0.165 e. The normalized spacial score (nSPS) is 39.8. The van der Waals surface area contributed by atoms with E-state index in [1.54, 1.807) is 6.07 Å². The van der Waals surface area contributed by atoms with Gasteiger partial charge in [0, 0.05) is 22.9 Å². The number of piperidine rings is 1. The number of ether oxygens (including phenoxy) is 1. The first-order chi connectivity index (χ1) is 10.5. The lowest BCUT2D eigenvalue weighted by molar-refractivity contribution is -0.0369. The van der Waals surface area contributed by atoms with Gasteiger partial charge in [-0.15, -0.1) is 0 Å². The van der Waals surface area contributed by atoms with Crippen LogP contribution in [0.3, 0.4) is 0 Å². The molecular weight excluding hydrogens is 278 g/mol. The van der Waals surface area contributed by atoms with Crippen LogP contribution < -0.4 is 4.74 Å². The molecule has 1 aliphatic carbocycles. The van der Waals surface area contributed by atoms with Crippen LogP contribution in [0.25, 0.3) is 0 Å². The van der Waals surface area contributed by atoms with E-state index in [1.807, 2.05) is 12.1 Å². The van der Waals surface area contributed by atoms with E-state index in [0.29, 0.717) is 11.8 Å². The number of aryl methyl sites for hydroxylation is 1. The minimum absolute atomic E-state index is 0.182. The van der Waals surface area contributed by atoms with Gasteiger partial charge in [0.05, 0.1) is 0 Å². The van der Waals surface area contributed by atoms with E-state index in [-0.39, 0.29) is 23.2 Å². The van der Waals surface area contributed by atoms with Crippen LogP contribution in [0.4, 0.5) is 0 Å². The molecule has 4 rings (SSSR count). The summed E-state index contributed by atoms with van der Waals surface area (Å²) in [6.45, 7) is 5.27. The van der Waals surface area contributed by atoms with Crippen LogP contribution in [0.5, 0.6) is 11.5 Å². The number of hydrogen-bond donors (Lipinski definition) is 2. The molecule has 0 aromatic heterocycles. The van der Waals surface area contributed by atoms with Crippen molar-refractivity contribution in [1.29, 1.82) is 0 Å². The maximum absolute atomic E-state index is 10.5. The van der Waals surface area contributed by atoms with Crippen LogP contribution in [-0.4, -0.2) is 47.0 Å². The van der Waals surface area contributed by atoms with Crippen molar-refractivity contribution in [3.63, 3.8) is 0 Å². The van der Waals surface area contributed by atoms with Crippen molar-refractivity contribution < 1.29 is 14.9 Å². The Labute approximate surface area is 131 Å². The molecular formula is C18H23NO3. The lowest BCUT2D eigenvalue weighted by Crippen LogP contribution is -2.61. The Morgan fingerprint density at radius 1 is 1.32 bits per heavy atom. The maximum atomic E-state index is 10.5. The highest BCUT2D eigenvalue weighted by molar-refractivity contribution is 5.59. The highest BCUT2D eigenvalue weighted by Gasteiger charge is 2.61. The van der Waals surface area contributed by atoms with Gasteiger partial charge in [0.1, 0.15) is 12.2 Å². The molecule has 1 aromatic carbocycles. The minimum Gasteiger partial charge on any atom is -0.504 e. The monoisotopic (exact) mass is 301 g/mol. The van der Waals surface area contributed by atoms with Crippen LogP contribution in [0, 0.1) is 12.8 Å². The van der Waals surface area contributed by atoms with E-state index in [0.717, 1.165) is 24.1 Å². The van der Waals surface area contributed by atoms with Crippen molar-refractivity contribution >= 4 is 0 Å². The second-order valence-electron chi connectivity index (χ2n) is 7.06. The Kier molecular flexibility index (Phi) is 2.88. The number of benzene rings is 1. The van der Waals surface area contributed by atoms with Gasteiger partial charge in [0.25, 0.3) is 0 Å². The summed E-state index contributed by atoms with van der Waals surface area (Å²) in [6, 6.07) is 4.02. The zero-order valence-corrected chi connectivity index (χ0v) is 13.3. The Balaban J connectivity index is 1.97. The molecule has 5 atom stereocenters. The fourth-order valence-corrected chi connectivity index (χ4v) is 4.84. The second-order valence-corrected chi connectivity index (χ2v) is 7.06. The van der Waals surface area contributed by atoms with Crippen LogP contribution in [0.1, 0.15) is 24.5 Å². The molecule has 3 aliphatic rings. The van der Waals surface area contributed by atoms with Gasteiger partial charge < -0.3 is 19.8 Å². The zero-order chi connectivity index (χ0) is 15.6. The lowest BCUT2D eigenvalue weighted by Gasteiger charge is -2.52. The summed E-state index contributed by atoms with van der Waals surface area (Å²) in [5.41, 5.74) is 2.00. The van der Waals surface area contributed by atoms with Gasteiger partial charge in [-0.05, 0) is 45.5 Å². The van der Waals surface area contributed by atoms with Crippen LogP contribution in [0.15, 0.2) is 24.3 Å². The molecule has 1 aromatic rings. The van der Waals surface area contributed by atoms with Gasteiger partial charge in [-0.25, -0.2) is 0 Å². The first kappa shape index (κ1) is 14.1. The molecule has 1 fully saturated rings. The van der Waals surface area contributed by atoms with E-state index in [9.17, 15) is 10.2 Å². The molecule has 2 N–H and O–H groups in total. The van der Waals surface area contributed by atoms with E-state index in [2.05, 4.69) is 31.9 Å². The summed E-state index contributed by atoms with van der Waals surface area (Å²) in [4.78, 5) is 2.37. The Hall–Kier alpha value is -1.52. The summed E-state index contributed by atoms with van der Waals surface area (Å²) in [5.74, 6) is 1.04. The van der Waals surface area contributed by atoms with Gasteiger partial charge in [-0.3, -0.25) is 0 Å². The molecule has 2 heterocycles. The summed E-state index contributed by atoms with van der Waals surface area (Å²) in [5, 5.41) is 20.8. The van der Waals surface area contributed by atoms with Crippen molar-refractivity contribution in [3.05, 3.63) is 35.4 Å². The number of aliphatic hydroxyl groups is 1. The highest BCUT2D eigenvalue weighted by atomic mass is 16.5. The quantitative estimate of drug-likeness (QED) is 0.719. The highest BCUT2D eigenvalue weighted by Crippen LogP contribution is 2.59. The van der Waals surface area contributed by atoms with Crippen LogP contribution in [0.2, 0.25) is 0 Å². The first-order valence-electron chi connectivity index (χ1n) is 8.03. The summed E-state index contributed by atoms with van der Waals surface area (Å²) >= 11 is 0. The van der Waals surface area contributed by atoms with E-state index in [1.165, 1.54) is 0 Å². The lowest BCUT2D eigenvalue weighted by atomic mass is 9.57. The largest absolute Gasteiger partial charge is 0.504 e. The van der Waals surface area contributed by atoms with Crippen molar-refractivity contribution in [3.8, 4) is 11.5 Å². The van der Waals surface area contributed by atoms with Gasteiger partial charge in [0.15, 0.2) is 11.5 Å². The summed E-state index contributed by atoms with van der Waals surface area (Å²) < 4.78 is 6.11. The molecule has 1 spiro atoms. The molecule has 4 nitrogen and oxygen atoms in total. The standard InChI is InChI=1S/C18H23NO3/c1-10-4-6-13(20)16-15(10)18-8-9-19(3)11(2)12(18)5-7-14(21)17(18)22-16/h4-7,11-12,14,17,20-21H,8-9H2,1-3H3/t11-,12?,14+,17+,18+/m1/s1. The van der Waals surface area contributed by atoms with E-state index in [4.69, 9.17) is 4.74 Å². The van der Waals surface area contributed by atoms with E-state index >= 15 is 0 Å². The second kappa shape index (κ2) is 4.49. The summed E-state index contributed by atoms with van der Waals surface area (Å²) in [7, 11) is 2.15. The number of phenols is 1. The minimum atomic E-state index is -0.627. The predicted molar refractivity (Wildman–Crippen MR) is 84.3 cm³/mol. The number of phenolic OH excluding ortho intramolecular Hbond substituents is 1. The van der Waals surface area contributed by atoms with Crippen molar-refractivity contribution in [1.82, 2.24) is 4.90 Å². The van der Waals surface area contributed by atoms with Gasteiger partial charge in [0.2, 0.25) is 0 Å². The number of aromatic hydroxyl groups is 1. The fraction of sp³-hybridized carbons (Fsp3) is 0.556. The molecule has 0 saturated carbocycles. The van der Waals surface area contributed by atoms with Crippen molar-refractivity contribution in [2.45, 2.75) is 43.9 Å². The third-order valence-corrected chi connectivity index (χ3v) is 6.08. The molecule has 22 heavy (non-hydrogen) atoms. The van der Waals surface area contributed by atoms with E-state index < -0.39 is 6.10 Å². The van der Waals surface area contributed by atoms with Gasteiger partial charge in [-0.1, -0.05) is 18.2 Å². The average molecular weight is 301 g/mol. The van der Waals surface area contributed by atoms with Crippen molar-refractivity contribution in [2.75, 3.05) is 13.6 Å². The molecule has 0 radical (unpaired) electrons. The van der Waals surface area contributed by atoms with Gasteiger partial charge in [-0.2, -0.15) is 0 Å². The molecule has 118 valence electrons. The average Bonchev–Trinajstić information content (AvgIpc) is 2.85. The van der Waals surface area contributed by atoms with Crippen LogP contribution >= 0.6 is 0 Å². The number of fused-ring (bicyclic) bond motifs is 1. The molecule has 4 heteroatoms.